The summed E-state index contributed by atoms with van der Waals surface area (Å²) in [4.78, 5) is 29.9. The second-order valence-corrected chi connectivity index (χ2v) is 10.3. The maximum absolute atomic E-state index is 13.7. The molecule has 3 rings (SSSR count). The van der Waals surface area contributed by atoms with Gasteiger partial charge in [0.2, 0.25) is 11.8 Å². The molecule has 0 aliphatic carbocycles. The zero-order valence-electron chi connectivity index (χ0n) is 20.5. The Morgan fingerprint density at radius 1 is 0.971 bits per heavy atom. The molecule has 0 heterocycles. The van der Waals surface area contributed by atoms with Crippen LogP contribution in [0.4, 0.5) is 0 Å². The molecule has 0 spiro atoms. The Balaban J connectivity index is 1.90. The lowest BCUT2D eigenvalue weighted by Gasteiger charge is -2.32. The van der Waals surface area contributed by atoms with Crippen LogP contribution >= 0.6 is 23.4 Å². The lowest BCUT2D eigenvalue weighted by atomic mass is 10.0. The Hall–Kier alpha value is -2.76. The lowest BCUT2D eigenvalue weighted by Crippen LogP contribution is -2.52. The summed E-state index contributed by atoms with van der Waals surface area (Å²) in [5, 5.41) is 3.77. The van der Waals surface area contributed by atoms with Gasteiger partial charge in [0.1, 0.15) is 6.04 Å². The zero-order chi connectivity index (χ0) is 25.2. The molecule has 0 aromatic heterocycles. The minimum absolute atomic E-state index is 0.0279. The second kappa shape index (κ2) is 13.4. The predicted molar refractivity (Wildman–Crippen MR) is 146 cm³/mol. The highest BCUT2D eigenvalue weighted by molar-refractivity contribution is 8.00. The third-order valence-corrected chi connectivity index (χ3v) is 7.13. The van der Waals surface area contributed by atoms with Crippen molar-refractivity contribution in [1.82, 2.24) is 10.2 Å². The van der Waals surface area contributed by atoms with E-state index in [1.807, 2.05) is 93.6 Å². The summed E-state index contributed by atoms with van der Waals surface area (Å²) in [6.45, 7) is 6.42. The van der Waals surface area contributed by atoms with Crippen LogP contribution < -0.4 is 5.32 Å². The average Bonchev–Trinajstić information content (AvgIpc) is 2.86. The number of halogens is 1. The SMILES string of the molecule is CC[C@@H](C)NC(=O)[C@@H](Cc1ccccc1)N(Cc1cccc(C)c1)C(=O)CSc1ccc(Cl)cc1. The fourth-order valence-corrected chi connectivity index (χ4v) is 4.67. The molecule has 2 atom stereocenters. The summed E-state index contributed by atoms with van der Waals surface area (Å²) in [7, 11) is 0. The molecule has 35 heavy (non-hydrogen) atoms. The van der Waals surface area contributed by atoms with Crippen LogP contribution in [0, 0.1) is 6.92 Å². The third kappa shape index (κ3) is 8.44. The van der Waals surface area contributed by atoms with E-state index in [2.05, 4.69) is 11.4 Å². The topological polar surface area (TPSA) is 49.4 Å². The maximum atomic E-state index is 13.7. The molecule has 0 saturated heterocycles. The van der Waals surface area contributed by atoms with Crippen molar-refractivity contribution < 1.29 is 9.59 Å². The number of carbonyl (C=O) groups is 2. The van der Waals surface area contributed by atoms with Gasteiger partial charge >= 0.3 is 0 Å². The molecule has 0 saturated carbocycles. The van der Waals surface area contributed by atoms with E-state index >= 15 is 0 Å². The number of carbonyl (C=O) groups excluding carboxylic acids is 2. The van der Waals surface area contributed by atoms with E-state index in [1.54, 1.807) is 4.90 Å². The first-order valence-corrected chi connectivity index (χ1v) is 13.3. The largest absolute Gasteiger partial charge is 0.352 e. The Kier molecular flexibility index (Phi) is 10.2. The van der Waals surface area contributed by atoms with E-state index in [4.69, 9.17) is 11.6 Å². The van der Waals surface area contributed by atoms with Crippen LogP contribution in [-0.4, -0.2) is 34.6 Å². The summed E-state index contributed by atoms with van der Waals surface area (Å²) in [5.74, 6) is 0.0300. The van der Waals surface area contributed by atoms with Gasteiger partial charge in [-0.3, -0.25) is 9.59 Å². The Morgan fingerprint density at radius 3 is 2.31 bits per heavy atom. The molecule has 0 bridgehead atoms. The summed E-state index contributed by atoms with van der Waals surface area (Å²) in [5.41, 5.74) is 3.14. The van der Waals surface area contributed by atoms with Gasteiger partial charge in [-0.05, 0) is 55.7 Å². The van der Waals surface area contributed by atoms with Gasteiger partial charge in [0.05, 0.1) is 5.75 Å². The smallest absolute Gasteiger partial charge is 0.243 e. The molecule has 0 aliphatic rings. The quantitative estimate of drug-likeness (QED) is 0.309. The van der Waals surface area contributed by atoms with Gasteiger partial charge in [-0.2, -0.15) is 0 Å². The van der Waals surface area contributed by atoms with Gasteiger partial charge < -0.3 is 10.2 Å². The molecule has 3 aromatic rings. The first-order chi connectivity index (χ1) is 16.9. The monoisotopic (exact) mass is 508 g/mol. The first-order valence-electron chi connectivity index (χ1n) is 11.9. The number of benzene rings is 3. The molecule has 6 heteroatoms. The predicted octanol–water partition coefficient (Wildman–Crippen LogP) is 6.30. The van der Waals surface area contributed by atoms with E-state index < -0.39 is 6.04 Å². The van der Waals surface area contributed by atoms with E-state index in [9.17, 15) is 9.59 Å². The van der Waals surface area contributed by atoms with Crippen LogP contribution in [0.25, 0.3) is 0 Å². The molecular weight excluding hydrogens is 476 g/mol. The molecule has 1 N–H and O–H groups in total. The molecule has 3 aromatic carbocycles. The Morgan fingerprint density at radius 2 is 1.66 bits per heavy atom. The van der Waals surface area contributed by atoms with Crippen LogP contribution in [0.15, 0.2) is 83.8 Å². The lowest BCUT2D eigenvalue weighted by molar-refractivity contribution is -0.139. The molecule has 0 fully saturated rings. The molecule has 0 radical (unpaired) electrons. The third-order valence-electron chi connectivity index (χ3n) is 5.88. The standard InChI is InChI=1S/C29H33ClN2O2S/c1-4-22(3)31-29(34)27(18-23-10-6-5-7-11-23)32(19-24-12-8-9-21(2)17-24)28(33)20-35-26-15-13-25(30)14-16-26/h5-17,22,27H,4,18-20H2,1-3H3,(H,31,34)/t22-,27-/m1/s1. The minimum atomic E-state index is -0.620. The van der Waals surface area contributed by atoms with Crippen molar-refractivity contribution in [2.75, 3.05) is 5.75 Å². The minimum Gasteiger partial charge on any atom is -0.352 e. The maximum Gasteiger partial charge on any atom is 0.243 e. The van der Waals surface area contributed by atoms with Crippen LogP contribution in [0.2, 0.25) is 5.02 Å². The van der Waals surface area contributed by atoms with Gasteiger partial charge in [0, 0.05) is 28.9 Å². The van der Waals surface area contributed by atoms with Gasteiger partial charge in [-0.15, -0.1) is 11.8 Å². The highest BCUT2D eigenvalue weighted by Crippen LogP contribution is 2.23. The van der Waals surface area contributed by atoms with E-state index in [-0.39, 0.29) is 23.6 Å². The van der Waals surface area contributed by atoms with Crippen molar-refractivity contribution in [3.05, 3.63) is 101 Å². The Labute approximate surface area is 218 Å². The van der Waals surface area contributed by atoms with Gasteiger partial charge in [-0.1, -0.05) is 78.7 Å². The number of aryl methyl sites for hydroxylation is 1. The number of hydrogen-bond donors (Lipinski definition) is 1. The van der Waals surface area contributed by atoms with Crippen molar-refractivity contribution in [3.63, 3.8) is 0 Å². The number of thioether (sulfide) groups is 1. The molecule has 0 aliphatic heterocycles. The average molecular weight is 509 g/mol. The highest BCUT2D eigenvalue weighted by atomic mass is 35.5. The fourth-order valence-electron chi connectivity index (χ4n) is 3.76. The van der Waals surface area contributed by atoms with Gasteiger partial charge in [0.25, 0.3) is 0 Å². The van der Waals surface area contributed by atoms with E-state index in [1.165, 1.54) is 11.8 Å². The molecule has 2 amide bonds. The second-order valence-electron chi connectivity index (χ2n) is 8.78. The van der Waals surface area contributed by atoms with Crippen LogP contribution in [0.5, 0.6) is 0 Å². The summed E-state index contributed by atoms with van der Waals surface area (Å²) >= 11 is 7.46. The van der Waals surface area contributed by atoms with Crippen LogP contribution in [-0.2, 0) is 22.6 Å². The van der Waals surface area contributed by atoms with Crippen molar-refractivity contribution in [1.29, 1.82) is 0 Å². The first kappa shape index (κ1) is 26.8. The number of amides is 2. The Bertz CT molecular complexity index is 1110. The summed E-state index contributed by atoms with van der Waals surface area (Å²) in [6.07, 6.45) is 1.27. The van der Waals surface area contributed by atoms with E-state index in [0.717, 1.165) is 28.0 Å². The molecular formula is C29H33ClN2O2S. The van der Waals surface area contributed by atoms with Crippen LogP contribution in [0.1, 0.15) is 37.0 Å². The van der Waals surface area contributed by atoms with Gasteiger partial charge in [-0.25, -0.2) is 0 Å². The highest BCUT2D eigenvalue weighted by Gasteiger charge is 2.31. The van der Waals surface area contributed by atoms with Crippen molar-refractivity contribution in [2.45, 2.75) is 57.1 Å². The fraction of sp³-hybridized carbons (Fsp3) is 0.310. The van der Waals surface area contributed by atoms with E-state index in [0.29, 0.717) is 18.0 Å². The number of nitrogens with one attached hydrogen (secondary N) is 1. The molecule has 0 unspecified atom stereocenters. The van der Waals surface area contributed by atoms with Crippen molar-refractivity contribution in [3.8, 4) is 0 Å². The number of nitrogens with zero attached hydrogens (tertiary/aromatic N) is 1. The van der Waals surface area contributed by atoms with Crippen molar-refractivity contribution >= 4 is 35.2 Å². The summed E-state index contributed by atoms with van der Waals surface area (Å²) in [6, 6.07) is 24.8. The number of hydrogen-bond acceptors (Lipinski definition) is 3. The zero-order valence-corrected chi connectivity index (χ0v) is 22.1. The normalized spacial score (nSPS) is 12.6. The molecule has 184 valence electrons. The molecule has 4 nitrogen and oxygen atoms in total. The summed E-state index contributed by atoms with van der Waals surface area (Å²) < 4.78 is 0. The van der Waals surface area contributed by atoms with Crippen LogP contribution in [0.3, 0.4) is 0 Å². The number of rotatable bonds is 11. The van der Waals surface area contributed by atoms with Crippen molar-refractivity contribution in [2.24, 2.45) is 0 Å². The van der Waals surface area contributed by atoms with Gasteiger partial charge in [0.15, 0.2) is 0 Å².